The van der Waals surface area contributed by atoms with Crippen molar-refractivity contribution in [1.29, 1.82) is 0 Å². The second kappa shape index (κ2) is 39.0. The molecule has 0 unspecified atom stereocenters. The van der Waals surface area contributed by atoms with E-state index in [2.05, 4.69) is 96.1 Å². The average molecular weight is 958 g/mol. The second-order valence-electron chi connectivity index (χ2n) is 20.6. The van der Waals surface area contributed by atoms with Crippen LogP contribution in [0.25, 0.3) is 0 Å². The number of aryl methyl sites for hydroxylation is 6. The average Bonchev–Trinajstić information content (AvgIpc) is 3.34. The lowest BCUT2D eigenvalue weighted by molar-refractivity contribution is 0.295. The van der Waals surface area contributed by atoms with Crippen LogP contribution in [-0.4, -0.2) is 0 Å². The smallest absolute Gasteiger partial charge is 0.386 e. The summed E-state index contributed by atoms with van der Waals surface area (Å²) in [6.07, 6.45) is 47.0. The Morgan fingerprint density at radius 3 is 0.735 bits per heavy atom. The quantitative estimate of drug-likeness (QED) is 0.0418. The van der Waals surface area contributed by atoms with E-state index in [0.717, 1.165) is 74.5 Å². The van der Waals surface area contributed by atoms with Crippen LogP contribution >= 0.6 is 7.82 Å². The molecule has 0 fully saturated rings. The maximum absolute atomic E-state index is 15.9. The van der Waals surface area contributed by atoms with E-state index in [0.29, 0.717) is 17.2 Å². The lowest BCUT2D eigenvalue weighted by atomic mass is 9.99. The molecule has 0 amide bonds. The normalized spacial score (nSPS) is 11.7. The van der Waals surface area contributed by atoms with Gasteiger partial charge in [0, 0.05) is 0 Å². The summed E-state index contributed by atoms with van der Waals surface area (Å²) in [5.41, 5.74) is 7.36. The van der Waals surface area contributed by atoms with Crippen LogP contribution in [0.2, 0.25) is 0 Å². The van der Waals surface area contributed by atoms with Crippen molar-refractivity contribution in [2.24, 2.45) is 0 Å². The molecule has 5 heteroatoms. The molecule has 0 heterocycles. The lowest BCUT2D eigenvalue weighted by Gasteiger charge is -2.24. The van der Waals surface area contributed by atoms with Crippen LogP contribution in [0.4, 0.5) is 0 Å². The first-order valence-electron chi connectivity index (χ1n) is 29.4. The SMILES string of the molecule is CCCCCCCCCc1ccc(OP(=O)(Oc2ccc(CCCCCCCCC)cc2CCCCCC)Oc2ccc(CCCCCCCCC)cc2CCCCCC)c(CCCCCC)c1. The van der Waals surface area contributed by atoms with Gasteiger partial charge in [-0.15, -0.1) is 0 Å². The zero-order chi connectivity index (χ0) is 48.8. The summed E-state index contributed by atoms with van der Waals surface area (Å²) in [6, 6.07) is 19.8. The first kappa shape index (κ1) is 59.6. The number of phosphoric ester groups is 1. The highest BCUT2D eigenvalue weighted by Crippen LogP contribution is 2.52. The molecule has 4 nitrogen and oxygen atoms in total. The molecule has 68 heavy (non-hydrogen) atoms. The van der Waals surface area contributed by atoms with Crippen LogP contribution in [-0.2, 0) is 43.1 Å². The molecular weight excluding hydrogens is 852 g/mol. The Morgan fingerprint density at radius 1 is 0.279 bits per heavy atom. The highest BCUT2D eigenvalue weighted by Gasteiger charge is 2.36. The zero-order valence-electron chi connectivity index (χ0n) is 45.4. The monoisotopic (exact) mass is 957 g/mol. The number of phosphoric acid groups is 1. The van der Waals surface area contributed by atoms with Crippen LogP contribution in [0.5, 0.6) is 17.2 Å². The first-order valence-corrected chi connectivity index (χ1v) is 30.9. The molecule has 0 spiro atoms. The Labute approximate surface area is 421 Å². The summed E-state index contributed by atoms with van der Waals surface area (Å²) >= 11 is 0. The molecule has 0 aliphatic heterocycles. The fourth-order valence-corrected chi connectivity index (χ4v) is 11.1. The number of unbranched alkanes of at least 4 members (excludes halogenated alkanes) is 27. The van der Waals surface area contributed by atoms with Gasteiger partial charge >= 0.3 is 7.82 Å². The molecule has 0 aliphatic rings. The summed E-state index contributed by atoms with van der Waals surface area (Å²) in [5.74, 6) is 1.90. The van der Waals surface area contributed by atoms with E-state index in [9.17, 15) is 0 Å². The molecule has 0 saturated carbocycles. The molecule has 0 N–H and O–H groups in total. The maximum atomic E-state index is 15.9. The Morgan fingerprint density at radius 2 is 0.485 bits per heavy atom. The van der Waals surface area contributed by atoms with Gasteiger partial charge < -0.3 is 13.6 Å². The van der Waals surface area contributed by atoms with Crippen molar-refractivity contribution >= 4 is 7.82 Å². The molecule has 0 atom stereocenters. The summed E-state index contributed by atoms with van der Waals surface area (Å²) < 4.78 is 36.4. The number of hydrogen-bond donors (Lipinski definition) is 0. The summed E-state index contributed by atoms with van der Waals surface area (Å²) in [4.78, 5) is 0. The highest BCUT2D eigenvalue weighted by molar-refractivity contribution is 7.49. The highest BCUT2D eigenvalue weighted by atomic mass is 31.2. The third-order valence-electron chi connectivity index (χ3n) is 14.1. The summed E-state index contributed by atoms with van der Waals surface area (Å²) in [7, 11) is -4.26. The molecule has 0 aliphatic carbocycles. The third-order valence-corrected chi connectivity index (χ3v) is 15.4. The summed E-state index contributed by atoms with van der Waals surface area (Å²) in [5, 5.41) is 0. The molecule has 0 aromatic heterocycles. The predicted octanol–water partition coefficient (Wildman–Crippen LogP) is 21.6. The zero-order valence-corrected chi connectivity index (χ0v) is 46.2. The van der Waals surface area contributed by atoms with Crippen molar-refractivity contribution in [3.05, 3.63) is 88.0 Å². The lowest BCUT2D eigenvalue weighted by Crippen LogP contribution is -2.11. The molecule has 386 valence electrons. The van der Waals surface area contributed by atoms with Gasteiger partial charge in [-0.05, 0) is 129 Å². The predicted molar refractivity (Wildman–Crippen MR) is 297 cm³/mol. The topological polar surface area (TPSA) is 44.8 Å². The van der Waals surface area contributed by atoms with Crippen LogP contribution < -0.4 is 13.6 Å². The number of benzene rings is 3. The second-order valence-corrected chi connectivity index (χ2v) is 22.0. The minimum absolute atomic E-state index is 0.633. The Balaban J connectivity index is 2.02. The van der Waals surface area contributed by atoms with Gasteiger partial charge in [-0.1, -0.05) is 251 Å². The van der Waals surface area contributed by atoms with E-state index in [1.165, 1.54) is 209 Å². The van der Waals surface area contributed by atoms with Gasteiger partial charge in [-0.2, -0.15) is 4.57 Å². The molecule has 0 bridgehead atoms. The van der Waals surface area contributed by atoms with Crippen molar-refractivity contribution in [2.45, 2.75) is 292 Å². The van der Waals surface area contributed by atoms with E-state index in [4.69, 9.17) is 13.6 Å². The van der Waals surface area contributed by atoms with Gasteiger partial charge in [-0.3, -0.25) is 0 Å². The molecule has 0 radical (unpaired) electrons. The Bertz CT molecular complexity index is 1530. The van der Waals surface area contributed by atoms with Crippen LogP contribution in [0.3, 0.4) is 0 Å². The van der Waals surface area contributed by atoms with Crippen molar-refractivity contribution in [1.82, 2.24) is 0 Å². The minimum atomic E-state index is -4.26. The molecular formula is C63H105O4P. The Hall–Kier alpha value is -2.71. The number of rotatable bonds is 45. The van der Waals surface area contributed by atoms with Crippen molar-refractivity contribution in [3.63, 3.8) is 0 Å². The standard InChI is InChI=1S/C63H105O4P/c1-7-13-19-25-28-31-34-40-55-46-49-61(58(52-55)43-37-22-16-10-4)65-68(64,66-62-50-47-56(41-35-32-29-26-20-14-8-2)53-59(62)44-38-23-17-11-5)67-63-51-48-57(42-36-33-30-27-21-15-9-3)54-60(63)45-39-24-18-12-6/h46-54H,7-45H2,1-6H3. The summed E-state index contributed by atoms with van der Waals surface area (Å²) in [6.45, 7) is 13.7. The van der Waals surface area contributed by atoms with Gasteiger partial charge in [0.05, 0.1) is 0 Å². The molecule has 3 aromatic rings. The number of hydrogen-bond acceptors (Lipinski definition) is 4. The van der Waals surface area contributed by atoms with Crippen LogP contribution in [0.1, 0.15) is 287 Å². The van der Waals surface area contributed by atoms with Gasteiger partial charge in [-0.25, -0.2) is 0 Å². The molecule has 0 saturated heterocycles. The van der Waals surface area contributed by atoms with Gasteiger partial charge in [0.1, 0.15) is 17.2 Å². The minimum Gasteiger partial charge on any atom is -0.386 e. The van der Waals surface area contributed by atoms with Gasteiger partial charge in [0.15, 0.2) is 0 Å². The van der Waals surface area contributed by atoms with E-state index in [1.807, 2.05) is 0 Å². The van der Waals surface area contributed by atoms with E-state index >= 15 is 4.57 Å². The van der Waals surface area contributed by atoms with Gasteiger partial charge in [0.2, 0.25) is 0 Å². The fourth-order valence-electron chi connectivity index (χ4n) is 9.72. The van der Waals surface area contributed by atoms with Crippen molar-refractivity contribution in [3.8, 4) is 17.2 Å². The largest absolute Gasteiger partial charge is 0.647 e. The Kier molecular flexibility index (Phi) is 34.2. The maximum Gasteiger partial charge on any atom is 0.647 e. The van der Waals surface area contributed by atoms with E-state index in [1.54, 1.807) is 0 Å². The van der Waals surface area contributed by atoms with Crippen LogP contribution in [0, 0.1) is 0 Å². The van der Waals surface area contributed by atoms with E-state index < -0.39 is 7.82 Å². The first-order chi connectivity index (χ1) is 33.4. The van der Waals surface area contributed by atoms with Crippen LogP contribution in [0.15, 0.2) is 54.6 Å². The van der Waals surface area contributed by atoms with Gasteiger partial charge in [0.25, 0.3) is 0 Å². The molecule has 3 aromatic carbocycles. The van der Waals surface area contributed by atoms with Crippen molar-refractivity contribution in [2.75, 3.05) is 0 Å². The van der Waals surface area contributed by atoms with Crippen molar-refractivity contribution < 1.29 is 18.1 Å². The fraction of sp³-hybridized carbons (Fsp3) is 0.714. The molecule has 3 rings (SSSR count). The third kappa shape index (κ3) is 26.5. The van der Waals surface area contributed by atoms with E-state index in [-0.39, 0.29) is 0 Å².